The number of aliphatic hydroxyl groups excluding tert-OH is 1. The third-order valence-electron chi connectivity index (χ3n) is 2.28. The fraction of sp³-hybridized carbons (Fsp3) is 0.455. The van der Waals surface area contributed by atoms with Crippen molar-refractivity contribution in [1.29, 1.82) is 0 Å². The van der Waals surface area contributed by atoms with E-state index in [1.807, 2.05) is 0 Å². The zero-order valence-electron chi connectivity index (χ0n) is 9.08. The van der Waals surface area contributed by atoms with Crippen molar-refractivity contribution in [3.63, 3.8) is 0 Å². The monoisotopic (exact) mass is 214 g/mol. The molecule has 0 aliphatic heterocycles. The first kappa shape index (κ1) is 11.8. The van der Waals surface area contributed by atoms with Crippen molar-refractivity contribution in [3.8, 4) is 11.5 Å². The van der Waals surface area contributed by atoms with Gasteiger partial charge in [0.2, 0.25) is 0 Å². The minimum Gasteiger partial charge on any atom is -0.493 e. The molecule has 0 spiro atoms. The summed E-state index contributed by atoms with van der Waals surface area (Å²) in [6.45, 7) is 0.747. The molecule has 0 fully saturated rings. The Labute approximate surface area is 88.4 Å². The second-order valence-corrected chi connectivity index (χ2v) is 3.43. The zero-order valence-corrected chi connectivity index (χ0v) is 9.08. The number of hydrogen-bond acceptors (Lipinski definition) is 3. The number of benzene rings is 1. The van der Waals surface area contributed by atoms with Crippen molar-refractivity contribution in [2.75, 3.05) is 20.8 Å². The van der Waals surface area contributed by atoms with Crippen LogP contribution in [0.15, 0.2) is 18.2 Å². The van der Waals surface area contributed by atoms with Crippen LogP contribution in [0.4, 0.5) is 4.39 Å². The van der Waals surface area contributed by atoms with Crippen molar-refractivity contribution in [3.05, 3.63) is 23.8 Å². The van der Waals surface area contributed by atoms with Crippen LogP contribution < -0.4 is 9.47 Å². The van der Waals surface area contributed by atoms with Gasteiger partial charge in [0, 0.05) is 0 Å². The van der Waals surface area contributed by atoms with Crippen LogP contribution >= 0.6 is 0 Å². The summed E-state index contributed by atoms with van der Waals surface area (Å²) in [4.78, 5) is 0. The molecule has 0 aliphatic carbocycles. The van der Waals surface area contributed by atoms with Gasteiger partial charge in [0.05, 0.1) is 20.8 Å². The van der Waals surface area contributed by atoms with Crippen molar-refractivity contribution in [2.45, 2.75) is 12.6 Å². The number of ether oxygens (including phenoxy) is 2. The molecule has 84 valence electrons. The second-order valence-electron chi connectivity index (χ2n) is 3.43. The zero-order chi connectivity index (χ0) is 11.5. The lowest BCUT2D eigenvalue weighted by molar-refractivity contribution is 0.0865. The van der Waals surface area contributed by atoms with Crippen molar-refractivity contribution in [2.24, 2.45) is 0 Å². The number of hydrogen-bond donors (Lipinski definition) is 1. The summed E-state index contributed by atoms with van der Waals surface area (Å²) in [5.74, 6) is 0.988. The Morgan fingerprint density at radius 1 is 1.27 bits per heavy atom. The van der Waals surface area contributed by atoms with E-state index in [-0.39, 0.29) is 0 Å². The number of methoxy groups -OCH3 is 2. The first-order valence-corrected chi connectivity index (χ1v) is 4.57. The van der Waals surface area contributed by atoms with E-state index in [1.165, 1.54) is 27.2 Å². The smallest absolute Gasteiger partial charge is 0.161 e. The van der Waals surface area contributed by atoms with E-state index < -0.39 is 12.3 Å². The lowest BCUT2D eigenvalue weighted by atomic mass is 9.98. The Hall–Kier alpha value is -1.29. The number of aliphatic hydroxyl groups is 1. The van der Waals surface area contributed by atoms with Gasteiger partial charge in [-0.3, -0.25) is 0 Å². The van der Waals surface area contributed by atoms with E-state index in [4.69, 9.17) is 14.6 Å². The summed E-state index contributed by atoms with van der Waals surface area (Å²) in [6, 6.07) is 4.70. The highest BCUT2D eigenvalue weighted by Crippen LogP contribution is 2.33. The minimum absolute atomic E-state index is 0.364. The lowest BCUT2D eigenvalue weighted by Crippen LogP contribution is -2.20. The first-order valence-electron chi connectivity index (χ1n) is 4.57. The Bertz CT molecular complexity index is 337. The van der Waals surface area contributed by atoms with E-state index in [0.29, 0.717) is 17.1 Å². The molecule has 1 rings (SSSR count). The Morgan fingerprint density at radius 3 is 2.33 bits per heavy atom. The maximum absolute atomic E-state index is 13.8. The molecule has 1 aromatic carbocycles. The summed E-state index contributed by atoms with van der Waals surface area (Å²) in [7, 11) is 2.99. The predicted octanol–water partition coefficient (Wildman–Crippen LogP) is 1.88. The third kappa shape index (κ3) is 2.39. The summed E-state index contributed by atoms with van der Waals surface area (Å²) in [6.07, 6.45) is 0. The van der Waals surface area contributed by atoms with E-state index in [0.717, 1.165) is 0 Å². The Kier molecular flexibility index (Phi) is 3.52. The van der Waals surface area contributed by atoms with Gasteiger partial charge in [-0.2, -0.15) is 0 Å². The Balaban J connectivity index is 3.13. The van der Waals surface area contributed by atoms with E-state index in [1.54, 1.807) is 12.1 Å². The molecular formula is C11H15FO3. The average molecular weight is 214 g/mol. The largest absolute Gasteiger partial charge is 0.493 e. The molecule has 0 saturated carbocycles. The van der Waals surface area contributed by atoms with E-state index in [2.05, 4.69) is 0 Å². The maximum atomic E-state index is 13.8. The quantitative estimate of drug-likeness (QED) is 0.831. The fourth-order valence-electron chi connectivity index (χ4n) is 1.25. The molecule has 0 aromatic heterocycles. The molecule has 0 saturated heterocycles. The van der Waals surface area contributed by atoms with Crippen molar-refractivity contribution >= 4 is 0 Å². The molecule has 0 aliphatic rings. The molecular weight excluding hydrogens is 199 g/mol. The van der Waals surface area contributed by atoms with Gasteiger partial charge in [-0.25, -0.2) is 4.39 Å². The van der Waals surface area contributed by atoms with Crippen LogP contribution in [0.3, 0.4) is 0 Å². The van der Waals surface area contributed by atoms with Gasteiger partial charge < -0.3 is 14.6 Å². The van der Waals surface area contributed by atoms with Crippen LogP contribution in [0.1, 0.15) is 12.5 Å². The standard InChI is InChI=1S/C11H15FO3/c1-11(12,7-13)8-4-5-9(14-2)10(6-8)15-3/h4-6,13H,7H2,1-3H3. The number of alkyl halides is 1. The number of rotatable bonds is 4. The normalized spacial score (nSPS) is 14.5. The predicted molar refractivity (Wildman–Crippen MR) is 55.1 cm³/mol. The molecule has 1 aromatic rings. The average Bonchev–Trinajstić information content (AvgIpc) is 2.28. The van der Waals surface area contributed by atoms with Gasteiger partial charge in [0.25, 0.3) is 0 Å². The van der Waals surface area contributed by atoms with Crippen LogP contribution in [-0.2, 0) is 5.67 Å². The summed E-state index contributed by atoms with van der Waals surface area (Å²) in [5, 5.41) is 8.89. The molecule has 15 heavy (non-hydrogen) atoms. The molecule has 3 nitrogen and oxygen atoms in total. The third-order valence-corrected chi connectivity index (χ3v) is 2.28. The Morgan fingerprint density at radius 2 is 1.87 bits per heavy atom. The van der Waals surface area contributed by atoms with Crippen LogP contribution in [0.25, 0.3) is 0 Å². The van der Waals surface area contributed by atoms with Gasteiger partial charge in [-0.05, 0) is 24.6 Å². The molecule has 0 bridgehead atoms. The van der Waals surface area contributed by atoms with Gasteiger partial charge >= 0.3 is 0 Å². The first-order chi connectivity index (χ1) is 7.05. The highest BCUT2D eigenvalue weighted by Gasteiger charge is 2.25. The van der Waals surface area contributed by atoms with E-state index >= 15 is 0 Å². The minimum atomic E-state index is -1.76. The molecule has 1 atom stereocenters. The molecule has 0 amide bonds. The van der Waals surface area contributed by atoms with Gasteiger partial charge in [-0.1, -0.05) is 6.07 Å². The van der Waals surface area contributed by atoms with Gasteiger partial charge in [-0.15, -0.1) is 0 Å². The molecule has 1 N–H and O–H groups in total. The van der Waals surface area contributed by atoms with Gasteiger partial charge in [0.1, 0.15) is 0 Å². The maximum Gasteiger partial charge on any atom is 0.161 e. The van der Waals surface area contributed by atoms with Crippen LogP contribution in [0, 0.1) is 0 Å². The summed E-state index contributed by atoms with van der Waals surface area (Å²) < 4.78 is 23.8. The fourth-order valence-corrected chi connectivity index (χ4v) is 1.25. The van der Waals surface area contributed by atoms with Crippen LogP contribution in [0.2, 0.25) is 0 Å². The van der Waals surface area contributed by atoms with Gasteiger partial charge in [0.15, 0.2) is 17.2 Å². The summed E-state index contributed by atoms with van der Waals surface area (Å²) in [5.41, 5.74) is -1.40. The number of halogens is 1. The van der Waals surface area contributed by atoms with Crippen molar-refractivity contribution in [1.82, 2.24) is 0 Å². The molecule has 4 heteroatoms. The molecule has 0 heterocycles. The summed E-state index contributed by atoms with van der Waals surface area (Å²) >= 11 is 0. The van der Waals surface area contributed by atoms with Crippen LogP contribution in [0.5, 0.6) is 11.5 Å². The molecule has 1 unspecified atom stereocenters. The lowest BCUT2D eigenvalue weighted by Gasteiger charge is -2.19. The SMILES string of the molecule is COc1ccc(C(C)(F)CO)cc1OC. The highest BCUT2D eigenvalue weighted by atomic mass is 19.1. The van der Waals surface area contributed by atoms with Crippen LogP contribution in [-0.4, -0.2) is 25.9 Å². The highest BCUT2D eigenvalue weighted by molar-refractivity contribution is 5.44. The second kappa shape index (κ2) is 4.49. The van der Waals surface area contributed by atoms with Crippen molar-refractivity contribution < 1.29 is 19.0 Å². The molecule has 0 radical (unpaired) electrons. The van der Waals surface area contributed by atoms with E-state index in [9.17, 15) is 4.39 Å². The topological polar surface area (TPSA) is 38.7 Å².